The van der Waals surface area contributed by atoms with Crippen molar-refractivity contribution >= 4 is 28.5 Å². The molecule has 4 rings (SSSR count). The van der Waals surface area contributed by atoms with Crippen molar-refractivity contribution in [3.8, 4) is 0 Å². The molecule has 0 saturated carbocycles. The molecule has 31 heavy (non-hydrogen) atoms. The summed E-state index contributed by atoms with van der Waals surface area (Å²) < 4.78 is 0. The van der Waals surface area contributed by atoms with Crippen molar-refractivity contribution in [2.75, 3.05) is 38.6 Å². The molecule has 0 unspecified atom stereocenters. The van der Waals surface area contributed by atoms with E-state index in [1.54, 1.807) is 0 Å². The second-order valence-corrected chi connectivity index (χ2v) is 8.31. The molecule has 0 bridgehead atoms. The van der Waals surface area contributed by atoms with Crippen molar-refractivity contribution in [2.45, 2.75) is 18.9 Å². The fraction of sp³-hybridized carbons (Fsp3) is 0.333. The number of nitrogens with two attached hydrogens (primary N) is 1. The topological polar surface area (TPSA) is 85.1 Å². The predicted octanol–water partition coefficient (Wildman–Crippen LogP) is 1.87. The van der Waals surface area contributed by atoms with E-state index >= 15 is 0 Å². The van der Waals surface area contributed by atoms with Gasteiger partial charge in [-0.05, 0) is 36.2 Å². The maximum atomic E-state index is 12.7. The molecule has 3 amide bonds. The molecule has 2 aromatic carbocycles. The smallest absolute Gasteiger partial charge is 0.324 e. The molecule has 2 atom stereocenters. The Kier molecular flexibility index (Phi) is 5.95. The molecule has 1 fully saturated rings. The molecule has 1 aromatic heterocycles. The third-order valence-corrected chi connectivity index (χ3v) is 6.05. The van der Waals surface area contributed by atoms with Crippen LogP contribution in [0.4, 0.5) is 10.5 Å². The zero-order chi connectivity index (χ0) is 22.0. The van der Waals surface area contributed by atoms with Crippen molar-refractivity contribution in [3.63, 3.8) is 0 Å². The van der Waals surface area contributed by atoms with Gasteiger partial charge in [0.05, 0.1) is 12.5 Å². The molecule has 162 valence electrons. The summed E-state index contributed by atoms with van der Waals surface area (Å²) in [7, 11) is 4.06. The van der Waals surface area contributed by atoms with Crippen LogP contribution in [0.15, 0.2) is 54.7 Å². The number of carbonyl (C=O) groups is 2. The number of aromatic nitrogens is 1. The Morgan fingerprint density at radius 2 is 1.90 bits per heavy atom. The van der Waals surface area contributed by atoms with Crippen LogP contribution in [0.1, 0.15) is 24.0 Å². The Labute approximate surface area is 182 Å². The van der Waals surface area contributed by atoms with Crippen molar-refractivity contribution in [3.05, 3.63) is 65.9 Å². The molecule has 1 aliphatic rings. The second-order valence-electron chi connectivity index (χ2n) is 8.31. The molecular formula is C24H30N5O2+. The van der Waals surface area contributed by atoms with Crippen LogP contribution in [0.25, 0.3) is 10.9 Å². The standard InChI is InChI=1S/C24H29N5O2/c1-16(23(30)29-13-12-25-24(29)31)26-14-20(17-8-10-18(11-9-17)28(2)3)21-15-27-22-7-5-4-6-19(21)22/h4-11,15-16,20,26-27H,12-14H2,1-3H3,(H,25,31)/p+1/t16-,20-/m1/s1. The molecule has 3 aromatic rings. The van der Waals surface area contributed by atoms with E-state index < -0.39 is 0 Å². The Hall–Kier alpha value is -3.32. The summed E-state index contributed by atoms with van der Waals surface area (Å²) in [5.41, 5.74) is 4.66. The van der Waals surface area contributed by atoms with Gasteiger partial charge in [-0.25, -0.2) is 4.79 Å². The van der Waals surface area contributed by atoms with Gasteiger partial charge in [0.2, 0.25) is 0 Å². The first-order valence-corrected chi connectivity index (χ1v) is 10.7. The number of nitrogens with one attached hydrogen (secondary N) is 2. The number of hydrogen-bond donors (Lipinski definition) is 3. The maximum absolute atomic E-state index is 12.7. The summed E-state index contributed by atoms with van der Waals surface area (Å²) in [5, 5.41) is 5.93. The zero-order valence-electron chi connectivity index (χ0n) is 18.3. The van der Waals surface area contributed by atoms with Gasteiger partial charge in [0.25, 0.3) is 5.91 Å². The highest BCUT2D eigenvalue weighted by molar-refractivity contribution is 5.97. The molecule has 7 nitrogen and oxygen atoms in total. The molecule has 1 aliphatic heterocycles. The maximum Gasteiger partial charge on any atom is 0.324 e. The number of nitrogens with zero attached hydrogens (tertiary/aromatic N) is 2. The molecule has 2 heterocycles. The van der Waals surface area contributed by atoms with Gasteiger partial charge >= 0.3 is 6.03 Å². The van der Waals surface area contributed by atoms with Crippen molar-refractivity contribution in [1.82, 2.24) is 15.2 Å². The van der Waals surface area contributed by atoms with Gasteiger partial charge in [-0.15, -0.1) is 0 Å². The Morgan fingerprint density at radius 1 is 1.16 bits per heavy atom. The number of hydrogen-bond acceptors (Lipinski definition) is 3. The van der Waals surface area contributed by atoms with Crippen molar-refractivity contribution in [2.24, 2.45) is 0 Å². The van der Waals surface area contributed by atoms with E-state index in [1.165, 1.54) is 21.4 Å². The number of aromatic amines is 1. The lowest BCUT2D eigenvalue weighted by atomic mass is 9.90. The first-order chi connectivity index (χ1) is 15.0. The lowest BCUT2D eigenvalue weighted by Crippen LogP contribution is -2.92. The van der Waals surface area contributed by atoms with Gasteiger partial charge in [-0.2, -0.15) is 0 Å². The van der Waals surface area contributed by atoms with E-state index in [4.69, 9.17) is 0 Å². The van der Waals surface area contributed by atoms with Gasteiger partial charge in [0.15, 0.2) is 6.04 Å². The SMILES string of the molecule is C[C@@H]([NH2+]C[C@H](c1ccc(N(C)C)cc1)c1c[nH]c2ccccc12)C(=O)N1CCNC1=O. The molecular weight excluding hydrogens is 390 g/mol. The van der Waals surface area contributed by atoms with Gasteiger partial charge in [0.1, 0.15) is 0 Å². The Balaban J connectivity index is 1.59. The number of imide groups is 1. The summed E-state index contributed by atoms with van der Waals surface area (Å²) in [6.07, 6.45) is 2.07. The van der Waals surface area contributed by atoms with Crippen LogP contribution in [0, 0.1) is 0 Å². The fourth-order valence-corrected chi connectivity index (χ4v) is 4.20. The average Bonchev–Trinajstić information content (AvgIpc) is 3.40. The summed E-state index contributed by atoms with van der Waals surface area (Å²) in [4.78, 5) is 31.4. The third kappa shape index (κ3) is 4.27. The largest absolute Gasteiger partial charge is 0.378 e. The van der Waals surface area contributed by atoms with Crippen LogP contribution < -0.4 is 15.5 Å². The average molecular weight is 421 g/mol. The molecule has 4 N–H and O–H groups in total. The second kappa shape index (κ2) is 8.81. The van der Waals surface area contributed by atoms with Crippen LogP contribution >= 0.6 is 0 Å². The lowest BCUT2D eigenvalue weighted by Gasteiger charge is -2.21. The first-order valence-electron chi connectivity index (χ1n) is 10.7. The third-order valence-electron chi connectivity index (χ3n) is 6.05. The number of benzene rings is 2. The summed E-state index contributed by atoms with van der Waals surface area (Å²) in [6, 6.07) is 16.2. The van der Waals surface area contributed by atoms with E-state index in [2.05, 4.69) is 57.8 Å². The predicted molar refractivity (Wildman–Crippen MR) is 122 cm³/mol. The van der Waals surface area contributed by atoms with Crippen LogP contribution in [0.2, 0.25) is 0 Å². The van der Waals surface area contributed by atoms with Crippen molar-refractivity contribution in [1.29, 1.82) is 0 Å². The number of rotatable bonds is 7. The number of H-pyrrole nitrogens is 1. The highest BCUT2D eigenvalue weighted by atomic mass is 16.2. The monoisotopic (exact) mass is 420 g/mol. The quantitative estimate of drug-likeness (QED) is 0.546. The Morgan fingerprint density at radius 3 is 2.58 bits per heavy atom. The Bertz CT molecular complexity index is 1070. The number of carbonyl (C=O) groups excluding carboxylic acids is 2. The minimum Gasteiger partial charge on any atom is -0.378 e. The van der Waals surface area contributed by atoms with Gasteiger partial charge < -0.3 is 20.5 Å². The van der Waals surface area contributed by atoms with Crippen LogP contribution in [-0.2, 0) is 4.79 Å². The van der Waals surface area contributed by atoms with Crippen LogP contribution in [-0.4, -0.2) is 61.6 Å². The van der Waals surface area contributed by atoms with E-state index in [1.807, 2.05) is 38.5 Å². The van der Waals surface area contributed by atoms with Gasteiger partial charge in [-0.1, -0.05) is 30.3 Å². The van der Waals surface area contributed by atoms with E-state index in [-0.39, 0.29) is 23.9 Å². The number of amides is 3. The first kappa shape index (κ1) is 20.9. The minimum atomic E-state index is -0.336. The summed E-state index contributed by atoms with van der Waals surface area (Å²) in [5.74, 6) is -0.0364. The van der Waals surface area contributed by atoms with E-state index in [0.29, 0.717) is 19.6 Å². The normalized spacial score (nSPS) is 15.7. The molecule has 1 saturated heterocycles. The zero-order valence-corrected chi connectivity index (χ0v) is 18.3. The van der Waals surface area contributed by atoms with Crippen LogP contribution in [0.5, 0.6) is 0 Å². The van der Waals surface area contributed by atoms with Gasteiger partial charge in [-0.3, -0.25) is 9.69 Å². The molecule has 0 spiro atoms. The van der Waals surface area contributed by atoms with E-state index in [9.17, 15) is 9.59 Å². The number of para-hydroxylation sites is 1. The minimum absolute atomic E-state index is 0.106. The van der Waals surface area contributed by atoms with E-state index in [0.717, 1.165) is 11.2 Å². The number of urea groups is 1. The molecule has 7 heteroatoms. The highest BCUT2D eigenvalue weighted by Gasteiger charge is 2.32. The van der Waals surface area contributed by atoms with Gasteiger partial charge in [0, 0.05) is 50.0 Å². The lowest BCUT2D eigenvalue weighted by molar-refractivity contribution is -0.675. The number of fused-ring (bicyclic) bond motifs is 1. The fourth-order valence-electron chi connectivity index (χ4n) is 4.20. The highest BCUT2D eigenvalue weighted by Crippen LogP contribution is 2.30. The number of anilines is 1. The summed E-state index contributed by atoms with van der Waals surface area (Å²) >= 11 is 0. The van der Waals surface area contributed by atoms with Crippen LogP contribution in [0.3, 0.4) is 0 Å². The molecule has 0 radical (unpaired) electrons. The van der Waals surface area contributed by atoms with Crippen molar-refractivity contribution < 1.29 is 14.9 Å². The number of quaternary nitrogens is 1. The molecule has 0 aliphatic carbocycles. The summed E-state index contributed by atoms with van der Waals surface area (Å²) in [6.45, 7) is 3.53.